The van der Waals surface area contributed by atoms with Crippen LogP contribution in [-0.2, 0) is 4.79 Å². The third-order valence-electron chi connectivity index (χ3n) is 3.50. The summed E-state index contributed by atoms with van der Waals surface area (Å²) in [6.45, 7) is 1.82. The number of ether oxygens (including phenoxy) is 1. The summed E-state index contributed by atoms with van der Waals surface area (Å²) in [6, 6.07) is 17.0. The van der Waals surface area contributed by atoms with Crippen molar-refractivity contribution in [2.45, 2.75) is 17.3 Å². The first-order valence-corrected chi connectivity index (χ1v) is 8.63. The van der Waals surface area contributed by atoms with Gasteiger partial charge in [0.25, 0.3) is 0 Å². The average molecular weight is 354 g/mol. The van der Waals surface area contributed by atoms with Gasteiger partial charge < -0.3 is 10.1 Å². The van der Waals surface area contributed by atoms with Crippen molar-refractivity contribution in [1.29, 1.82) is 0 Å². The molecule has 128 valence electrons. The van der Waals surface area contributed by atoms with E-state index in [9.17, 15) is 4.79 Å². The van der Waals surface area contributed by atoms with Gasteiger partial charge in [-0.15, -0.1) is 5.10 Å². The monoisotopic (exact) mass is 354 g/mol. The molecule has 0 radical (unpaired) electrons. The van der Waals surface area contributed by atoms with Gasteiger partial charge >= 0.3 is 0 Å². The Hall–Kier alpha value is -2.80. The predicted molar refractivity (Wildman–Crippen MR) is 98.8 cm³/mol. The minimum absolute atomic E-state index is 0.121. The van der Waals surface area contributed by atoms with Crippen molar-refractivity contribution in [3.63, 3.8) is 0 Å². The maximum absolute atomic E-state index is 12.4. The first-order chi connectivity index (χ1) is 12.2. The van der Waals surface area contributed by atoms with Gasteiger partial charge in [-0.2, -0.15) is 0 Å². The second-order valence-corrected chi connectivity index (χ2v) is 6.62. The van der Waals surface area contributed by atoms with Crippen LogP contribution in [-0.4, -0.2) is 33.4 Å². The van der Waals surface area contributed by atoms with Crippen LogP contribution in [0.15, 0.2) is 59.8 Å². The molecule has 0 spiro atoms. The first kappa shape index (κ1) is 17.0. The Morgan fingerprint density at radius 1 is 1.20 bits per heavy atom. The zero-order valence-corrected chi connectivity index (χ0v) is 14.7. The fourth-order valence-corrected chi connectivity index (χ4v) is 2.91. The van der Waals surface area contributed by atoms with Crippen LogP contribution in [0, 0.1) is 0 Å². The first-order valence-electron chi connectivity index (χ1n) is 7.75. The highest BCUT2D eigenvalue weighted by Gasteiger charge is 2.17. The second kappa shape index (κ2) is 7.85. The Balaban J connectivity index is 1.62. The molecule has 6 nitrogen and oxygen atoms in total. The number of H-pyrrole nitrogens is 1. The number of thioether (sulfide) groups is 1. The van der Waals surface area contributed by atoms with E-state index in [-0.39, 0.29) is 11.2 Å². The highest BCUT2D eigenvalue weighted by molar-refractivity contribution is 8.00. The Labute approximate surface area is 150 Å². The van der Waals surface area contributed by atoms with Gasteiger partial charge in [0.1, 0.15) is 5.75 Å². The second-order valence-electron chi connectivity index (χ2n) is 5.31. The van der Waals surface area contributed by atoms with Crippen LogP contribution in [0.3, 0.4) is 0 Å². The standard InChI is InChI=1S/C18H18N4O2S/c1-12(17(23)19-14-9-6-10-15(11-14)24-2)25-18-20-16(21-22-18)13-7-4-3-5-8-13/h3-12H,1-2H3,(H,19,23)(H,20,21,22)/t12-/m0/s1. The molecule has 3 aromatic rings. The highest BCUT2D eigenvalue weighted by Crippen LogP contribution is 2.24. The van der Waals surface area contributed by atoms with Crippen LogP contribution in [0.2, 0.25) is 0 Å². The third kappa shape index (κ3) is 4.39. The zero-order valence-electron chi connectivity index (χ0n) is 13.9. The molecule has 3 rings (SSSR count). The SMILES string of the molecule is COc1cccc(NC(=O)[C@H](C)Sc2n[nH]c(-c3ccccc3)n2)c1. The Morgan fingerprint density at radius 3 is 2.76 bits per heavy atom. The lowest BCUT2D eigenvalue weighted by Crippen LogP contribution is -2.22. The van der Waals surface area contributed by atoms with E-state index in [0.717, 1.165) is 5.56 Å². The van der Waals surface area contributed by atoms with Crippen molar-refractivity contribution >= 4 is 23.4 Å². The minimum atomic E-state index is -0.342. The zero-order chi connectivity index (χ0) is 17.6. The number of methoxy groups -OCH3 is 1. The van der Waals surface area contributed by atoms with E-state index in [4.69, 9.17) is 4.74 Å². The molecular formula is C18H18N4O2S. The Bertz CT molecular complexity index is 851. The predicted octanol–water partition coefficient (Wildman–Crippen LogP) is 3.60. The van der Waals surface area contributed by atoms with Crippen molar-refractivity contribution in [2.75, 3.05) is 12.4 Å². The quantitative estimate of drug-likeness (QED) is 0.661. The van der Waals surface area contributed by atoms with Crippen LogP contribution in [0.1, 0.15) is 6.92 Å². The van der Waals surface area contributed by atoms with Crippen molar-refractivity contribution in [1.82, 2.24) is 15.2 Å². The summed E-state index contributed by atoms with van der Waals surface area (Å²) < 4.78 is 5.16. The van der Waals surface area contributed by atoms with E-state index < -0.39 is 0 Å². The number of benzene rings is 2. The van der Waals surface area contributed by atoms with E-state index in [1.165, 1.54) is 11.8 Å². The van der Waals surface area contributed by atoms with E-state index in [2.05, 4.69) is 20.5 Å². The lowest BCUT2D eigenvalue weighted by molar-refractivity contribution is -0.115. The number of anilines is 1. The molecule has 2 N–H and O–H groups in total. The normalized spacial score (nSPS) is 11.8. The fourth-order valence-electron chi connectivity index (χ4n) is 2.18. The van der Waals surface area contributed by atoms with Crippen LogP contribution < -0.4 is 10.1 Å². The van der Waals surface area contributed by atoms with Gasteiger partial charge in [0, 0.05) is 17.3 Å². The summed E-state index contributed by atoms with van der Waals surface area (Å²) in [5.74, 6) is 1.26. The molecule has 0 saturated heterocycles. The molecule has 0 unspecified atom stereocenters. The van der Waals surface area contributed by atoms with E-state index in [1.807, 2.05) is 55.5 Å². The summed E-state index contributed by atoms with van der Waals surface area (Å²) in [7, 11) is 1.59. The lowest BCUT2D eigenvalue weighted by Gasteiger charge is -2.10. The van der Waals surface area contributed by atoms with Gasteiger partial charge in [-0.25, -0.2) is 4.98 Å². The molecule has 0 saturated carbocycles. The van der Waals surface area contributed by atoms with Crippen LogP contribution in [0.25, 0.3) is 11.4 Å². The number of amides is 1. The molecule has 0 aliphatic carbocycles. The number of hydrogen-bond donors (Lipinski definition) is 2. The molecule has 1 aromatic heterocycles. The number of carbonyl (C=O) groups excluding carboxylic acids is 1. The van der Waals surface area contributed by atoms with E-state index in [1.54, 1.807) is 13.2 Å². The van der Waals surface area contributed by atoms with Gasteiger partial charge in [-0.05, 0) is 19.1 Å². The van der Waals surface area contributed by atoms with Crippen LogP contribution >= 0.6 is 11.8 Å². The fraction of sp³-hybridized carbons (Fsp3) is 0.167. The topological polar surface area (TPSA) is 79.9 Å². The van der Waals surface area contributed by atoms with Crippen molar-refractivity contribution in [3.05, 3.63) is 54.6 Å². The number of rotatable bonds is 6. The molecule has 25 heavy (non-hydrogen) atoms. The van der Waals surface area contributed by atoms with E-state index in [0.29, 0.717) is 22.4 Å². The largest absolute Gasteiger partial charge is 0.497 e. The summed E-state index contributed by atoms with van der Waals surface area (Å²) >= 11 is 1.30. The summed E-state index contributed by atoms with van der Waals surface area (Å²) in [5.41, 5.74) is 1.65. The Morgan fingerprint density at radius 2 is 2.00 bits per heavy atom. The molecule has 7 heteroatoms. The summed E-state index contributed by atoms with van der Waals surface area (Å²) in [6.07, 6.45) is 0. The molecule has 1 atom stereocenters. The molecule has 1 amide bonds. The Kier molecular flexibility index (Phi) is 5.35. The summed E-state index contributed by atoms with van der Waals surface area (Å²) in [4.78, 5) is 16.8. The number of nitrogens with one attached hydrogen (secondary N) is 2. The average Bonchev–Trinajstić information content (AvgIpc) is 3.11. The third-order valence-corrected chi connectivity index (χ3v) is 4.46. The molecule has 0 aliphatic heterocycles. The molecule has 0 bridgehead atoms. The van der Waals surface area contributed by atoms with Crippen molar-refractivity contribution < 1.29 is 9.53 Å². The molecule has 1 heterocycles. The number of nitrogens with zero attached hydrogens (tertiary/aromatic N) is 2. The molecule has 0 fully saturated rings. The number of hydrogen-bond acceptors (Lipinski definition) is 5. The maximum Gasteiger partial charge on any atom is 0.237 e. The molecule has 2 aromatic carbocycles. The number of aromatic nitrogens is 3. The maximum atomic E-state index is 12.4. The van der Waals surface area contributed by atoms with Gasteiger partial charge in [-0.1, -0.05) is 48.2 Å². The van der Waals surface area contributed by atoms with E-state index >= 15 is 0 Å². The van der Waals surface area contributed by atoms with Crippen molar-refractivity contribution in [2.24, 2.45) is 0 Å². The number of carbonyl (C=O) groups is 1. The van der Waals surface area contributed by atoms with Gasteiger partial charge in [0.05, 0.1) is 12.4 Å². The van der Waals surface area contributed by atoms with Gasteiger partial charge in [0.2, 0.25) is 11.1 Å². The smallest absolute Gasteiger partial charge is 0.237 e. The molecular weight excluding hydrogens is 336 g/mol. The van der Waals surface area contributed by atoms with Gasteiger partial charge in [0.15, 0.2) is 5.82 Å². The summed E-state index contributed by atoms with van der Waals surface area (Å²) in [5, 5.41) is 10.1. The lowest BCUT2D eigenvalue weighted by atomic mass is 10.2. The highest BCUT2D eigenvalue weighted by atomic mass is 32.2. The van der Waals surface area contributed by atoms with Gasteiger partial charge in [-0.3, -0.25) is 9.89 Å². The molecule has 0 aliphatic rings. The van der Waals surface area contributed by atoms with Crippen molar-refractivity contribution in [3.8, 4) is 17.1 Å². The minimum Gasteiger partial charge on any atom is -0.497 e. The number of aromatic amines is 1. The van der Waals surface area contributed by atoms with Crippen LogP contribution in [0.4, 0.5) is 5.69 Å². The van der Waals surface area contributed by atoms with Crippen LogP contribution in [0.5, 0.6) is 5.75 Å².